The Hall–Kier alpha value is -1.61. The number of fused-ring (bicyclic) bond motifs is 1. The van der Waals surface area contributed by atoms with Crippen molar-refractivity contribution < 1.29 is 9.53 Å². The second kappa shape index (κ2) is 3.87. The van der Waals surface area contributed by atoms with E-state index in [1.807, 2.05) is 24.3 Å². The zero-order valence-corrected chi connectivity index (χ0v) is 8.78. The first-order valence-electron chi connectivity index (χ1n) is 4.87. The molecule has 0 fully saturated rings. The number of hydrogen-bond acceptors (Lipinski definition) is 2. The van der Waals surface area contributed by atoms with Crippen molar-refractivity contribution in [1.82, 2.24) is 4.98 Å². The Morgan fingerprint density at radius 3 is 2.87 bits per heavy atom. The summed E-state index contributed by atoms with van der Waals surface area (Å²) in [5.41, 5.74) is 1.67. The molecule has 3 nitrogen and oxygen atoms in total. The van der Waals surface area contributed by atoms with E-state index < -0.39 is 6.10 Å². The molecule has 1 aromatic heterocycles. The summed E-state index contributed by atoms with van der Waals surface area (Å²) in [6.07, 6.45) is 1.34. The Morgan fingerprint density at radius 1 is 1.40 bits per heavy atom. The predicted molar refractivity (Wildman–Crippen MR) is 59.1 cm³/mol. The van der Waals surface area contributed by atoms with Crippen molar-refractivity contribution in [1.29, 1.82) is 0 Å². The second-order valence-electron chi connectivity index (χ2n) is 3.49. The molecule has 15 heavy (non-hydrogen) atoms. The van der Waals surface area contributed by atoms with Gasteiger partial charge in [-0.25, -0.2) is 0 Å². The maximum atomic E-state index is 11.9. The first kappa shape index (κ1) is 9.93. The van der Waals surface area contributed by atoms with E-state index in [4.69, 9.17) is 4.74 Å². The summed E-state index contributed by atoms with van der Waals surface area (Å²) in [5, 5.41) is 0.950. The number of para-hydroxylation sites is 1. The fourth-order valence-electron chi connectivity index (χ4n) is 1.60. The standard InChI is InChI=1S/C12H13NO2/c1-8(15-2)12(14)10-7-13-11-6-4-3-5-9(10)11/h3-8,13H,1-2H3. The molecule has 2 aromatic rings. The molecule has 0 aliphatic carbocycles. The minimum Gasteiger partial charge on any atom is -0.374 e. The van der Waals surface area contributed by atoms with Crippen LogP contribution in [-0.2, 0) is 4.74 Å². The highest BCUT2D eigenvalue weighted by Crippen LogP contribution is 2.19. The van der Waals surface area contributed by atoms with E-state index in [1.165, 1.54) is 7.11 Å². The van der Waals surface area contributed by atoms with Crippen LogP contribution >= 0.6 is 0 Å². The van der Waals surface area contributed by atoms with Gasteiger partial charge in [0.2, 0.25) is 0 Å². The van der Waals surface area contributed by atoms with Crippen molar-refractivity contribution in [2.75, 3.05) is 7.11 Å². The second-order valence-corrected chi connectivity index (χ2v) is 3.49. The van der Waals surface area contributed by atoms with Crippen molar-refractivity contribution >= 4 is 16.7 Å². The van der Waals surface area contributed by atoms with E-state index in [0.717, 1.165) is 10.9 Å². The van der Waals surface area contributed by atoms with Gasteiger partial charge < -0.3 is 9.72 Å². The number of ketones is 1. The molecule has 1 atom stereocenters. The molecule has 1 aromatic carbocycles. The molecule has 3 heteroatoms. The summed E-state index contributed by atoms with van der Waals surface area (Å²) in [6.45, 7) is 1.75. The fraction of sp³-hybridized carbons (Fsp3) is 0.250. The number of carbonyl (C=O) groups is 1. The number of H-pyrrole nitrogens is 1. The Bertz CT molecular complexity index is 487. The van der Waals surface area contributed by atoms with Crippen LogP contribution in [0.4, 0.5) is 0 Å². The summed E-state index contributed by atoms with van der Waals surface area (Å²) in [7, 11) is 1.54. The van der Waals surface area contributed by atoms with E-state index in [-0.39, 0.29) is 5.78 Å². The summed E-state index contributed by atoms with van der Waals surface area (Å²) in [5.74, 6) is 0.00921. The van der Waals surface area contributed by atoms with E-state index in [9.17, 15) is 4.79 Å². The molecular weight excluding hydrogens is 190 g/mol. The van der Waals surface area contributed by atoms with Crippen LogP contribution in [0.5, 0.6) is 0 Å². The Labute approximate surface area is 88.1 Å². The molecule has 0 spiro atoms. The lowest BCUT2D eigenvalue weighted by atomic mass is 10.1. The molecule has 0 aliphatic rings. The van der Waals surface area contributed by atoms with Gasteiger partial charge in [0.25, 0.3) is 0 Å². The van der Waals surface area contributed by atoms with Gasteiger partial charge in [-0.2, -0.15) is 0 Å². The van der Waals surface area contributed by atoms with Crippen LogP contribution in [0, 0.1) is 0 Å². The smallest absolute Gasteiger partial charge is 0.193 e. The number of benzene rings is 1. The molecule has 1 N–H and O–H groups in total. The van der Waals surface area contributed by atoms with E-state index in [0.29, 0.717) is 5.56 Å². The number of nitrogens with one attached hydrogen (secondary N) is 1. The third-order valence-corrected chi connectivity index (χ3v) is 2.58. The molecule has 0 bridgehead atoms. The molecule has 0 aliphatic heterocycles. The normalized spacial score (nSPS) is 12.9. The van der Waals surface area contributed by atoms with Gasteiger partial charge >= 0.3 is 0 Å². The van der Waals surface area contributed by atoms with Crippen molar-refractivity contribution in [3.8, 4) is 0 Å². The highest BCUT2D eigenvalue weighted by Gasteiger charge is 2.17. The molecular formula is C12H13NO2. The molecule has 0 saturated carbocycles. The number of aromatic nitrogens is 1. The van der Waals surface area contributed by atoms with Gasteiger partial charge in [0.05, 0.1) is 0 Å². The number of ether oxygens (including phenoxy) is 1. The molecule has 2 rings (SSSR count). The van der Waals surface area contributed by atoms with Gasteiger partial charge in [-0.15, -0.1) is 0 Å². The van der Waals surface area contributed by atoms with Crippen LogP contribution in [-0.4, -0.2) is 24.0 Å². The minimum absolute atomic E-state index is 0.00921. The SMILES string of the molecule is COC(C)C(=O)c1c[nH]c2ccccc12. The molecule has 1 heterocycles. The minimum atomic E-state index is -0.399. The third kappa shape index (κ3) is 1.66. The summed E-state index contributed by atoms with van der Waals surface area (Å²) < 4.78 is 5.02. The van der Waals surface area contributed by atoms with E-state index >= 15 is 0 Å². The number of methoxy groups -OCH3 is 1. The van der Waals surface area contributed by atoms with E-state index in [1.54, 1.807) is 13.1 Å². The number of carbonyl (C=O) groups excluding carboxylic acids is 1. The Kier molecular flexibility index (Phi) is 2.56. The topological polar surface area (TPSA) is 42.1 Å². The number of hydrogen-bond donors (Lipinski definition) is 1. The van der Waals surface area contributed by atoms with Crippen LogP contribution in [0.1, 0.15) is 17.3 Å². The monoisotopic (exact) mass is 203 g/mol. The maximum Gasteiger partial charge on any atom is 0.193 e. The largest absolute Gasteiger partial charge is 0.374 e. The number of rotatable bonds is 3. The van der Waals surface area contributed by atoms with Crippen LogP contribution in [0.3, 0.4) is 0 Å². The number of Topliss-reactive ketones (excluding diaryl/α,β-unsaturated/α-hetero) is 1. The van der Waals surface area contributed by atoms with Crippen molar-refractivity contribution in [3.63, 3.8) is 0 Å². The van der Waals surface area contributed by atoms with Crippen LogP contribution < -0.4 is 0 Å². The molecule has 0 amide bonds. The van der Waals surface area contributed by atoms with Crippen molar-refractivity contribution in [3.05, 3.63) is 36.0 Å². The Morgan fingerprint density at radius 2 is 2.13 bits per heavy atom. The lowest BCUT2D eigenvalue weighted by Crippen LogP contribution is -2.18. The van der Waals surface area contributed by atoms with Gasteiger partial charge in [-0.1, -0.05) is 18.2 Å². The van der Waals surface area contributed by atoms with Gasteiger partial charge in [-0.3, -0.25) is 4.79 Å². The highest BCUT2D eigenvalue weighted by molar-refractivity contribution is 6.09. The van der Waals surface area contributed by atoms with Gasteiger partial charge in [-0.05, 0) is 13.0 Å². The zero-order valence-electron chi connectivity index (χ0n) is 8.78. The predicted octanol–water partition coefficient (Wildman–Crippen LogP) is 2.39. The Balaban J connectivity index is 2.48. The first-order valence-corrected chi connectivity index (χ1v) is 4.87. The summed E-state index contributed by atoms with van der Waals surface area (Å²) in [4.78, 5) is 15.0. The maximum absolute atomic E-state index is 11.9. The summed E-state index contributed by atoms with van der Waals surface area (Å²) in [6, 6.07) is 7.74. The third-order valence-electron chi connectivity index (χ3n) is 2.58. The summed E-state index contributed by atoms with van der Waals surface area (Å²) >= 11 is 0. The van der Waals surface area contributed by atoms with Crippen molar-refractivity contribution in [2.45, 2.75) is 13.0 Å². The van der Waals surface area contributed by atoms with Gasteiger partial charge in [0.1, 0.15) is 6.10 Å². The van der Waals surface area contributed by atoms with Crippen LogP contribution in [0.2, 0.25) is 0 Å². The lowest BCUT2D eigenvalue weighted by Gasteiger charge is -2.06. The number of aromatic amines is 1. The molecule has 0 saturated heterocycles. The van der Waals surface area contributed by atoms with Gasteiger partial charge in [0.15, 0.2) is 5.78 Å². The quantitative estimate of drug-likeness (QED) is 0.778. The lowest BCUT2D eigenvalue weighted by molar-refractivity contribution is 0.0657. The van der Waals surface area contributed by atoms with Crippen molar-refractivity contribution in [2.24, 2.45) is 0 Å². The highest BCUT2D eigenvalue weighted by atomic mass is 16.5. The van der Waals surface area contributed by atoms with Gasteiger partial charge in [0, 0.05) is 29.8 Å². The average Bonchev–Trinajstić information content (AvgIpc) is 2.70. The molecule has 78 valence electrons. The molecule has 0 radical (unpaired) electrons. The average molecular weight is 203 g/mol. The van der Waals surface area contributed by atoms with Crippen LogP contribution in [0.25, 0.3) is 10.9 Å². The van der Waals surface area contributed by atoms with E-state index in [2.05, 4.69) is 4.98 Å². The van der Waals surface area contributed by atoms with Crippen LogP contribution in [0.15, 0.2) is 30.5 Å². The molecule has 1 unspecified atom stereocenters. The zero-order chi connectivity index (χ0) is 10.8. The fourth-order valence-corrected chi connectivity index (χ4v) is 1.60. The first-order chi connectivity index (χ1) is 7.24.